The van der Waals surface area contributed by atoms with Gasteiger partial charge in [0, 0.05) is 42.7 Å². The van der Waals surface area contributed by atoms with Gasteiger partial charge in [0.1, 0.15) is 17.4 Å². The average Bonchev–Trinajstić information content (AvgIpc) is 3.40. The van der Waals surface area contributed by atoms with E-state index in [4.69, 9.17) is 10.5 Å². The number of H-pyrrole nitrogens is 1. The van der Waals surface area contributed by atoms with Crippen molar-refractivity contribution in [2.24, 2.45) is 7.05 Å². The van der Waals surface area contributed by atoms with Crippen molar-refractivity contribution < 1.29 is 9.53 Å². The molecule has 0 saturated carbocycles. The number of aromatic nitrogens is 5. The second-order valence-electron chi connectivity index (χ2n) is 7.88. The molecule has 0 spiro atoms. The quantitative estimate of drug-likeness (QED) is 0.389. The van der Waals surface area contributed by atoms with Gasteiger partial charge < -0.3 is 26.1 Å². The van der Waals surface area contributed by atoms with Crippen molar-refractivity contribution in [3.05, 3.63) is 42.9 Å². The number of nitrogens with zero attached hydrogens (tertiary/aromatic N) is 4. The number of amides is 1. The molecule has 1 aromatic carbocycles. The minimum Gasteiger partial charge on any atom is -0.410 e. The Bertz CT molecular complexity index is 1270. The smallest absolute Gasteiger partial charge is 0.410 e. The SMILES string of the molecule is Cn1cc(-c2cnc(N)c(-c3nc4ccc(OC(=O)NC5CCNCC5)cc4[nH]3)c2)cn1. The van der Waals surface area contributed by atoms with Gasteiger partial charge in [-0.2, -0.15) is 5.10 Å². The van der Waals surface area contributed by atoms with E-state index in [2.05, 4.69) is 30.7 Å². The average molecular weight is 432 g/mol. The number of carbonyl (C=O) groups excluding carboxylic acids is 1. The van der Waals surface area contributed by atoms with Gasteiger partial charge >= 0.3 is 6.09 Å². The molecule has 0 unspecified atom stereocenters. The Kier molecular flexibility index (Phi) is 5.20. The maximum Gasteiger partial charge on any atom is 0.412 e. The summed E-state index contributed by atoms with van der Waals surface area (Å²) < 4.78 is 7.21. The number of hydrogen-bond acceptors (Lipinski definition) is 7. The molecule has 5 N–H and O–H groups in total. The zero-order chi connectivity index (χ0) is 22.1. The van der Waals surface area contributed by atoms with Gasteiger partial charge in [-0.3, -0.25) is 4.68 Å². The van der Waals surface area contributed by atoms with Crippen LogP contribution in [0.25, 0.3) is 33.5 Å². The molecular formula is C22H24N8O2. The summed E-state index contributed by atoms with van der Waals surface area (Å²) in [5.74, 6) is 1.40. The number of benzene rings is 1. The summed E-state index contributed by atoms with van der Waals surface area (Å²) in [6.45, 7) is 1.79. The summed E-state index contributed by atoms with van der Waals surface area (Å²) >= 11 is 0. The molecule has 3 aromatic heterocycles. The van der Waals surface area contributed by atoms with Gasteiger partial charge in [-0.15, -0.1) is 0 Å². The van der Waals surface area contributed by atoms with Crippen LogP contribution in [0.4, 0.5) is 10.6 Å². The Morgan fingerprint density at radius 1 is 1.22 bits per heavy atom. The number of piperidine rings is 1. The predicted octanol–water partition coefficient (Wildman–Crippen LogP) is 2.45. The van der Waals surface area contributed by atoms with Crippen LogP contribution >= 0.6 is 0 Å². The van der Waals surface area contributed by atoms with Gasteiger partial charge in [-0.25, -0.2) is 14.8 Å². The molecule has 1 amide bonds. The Morgan fingerprint density at radius 3 is 2.84 bits per heavy atom. The van der Waals surface area contributed by atoms with Crippen LogP contribution in [0.2, 0.25) is 0 Å². The Labute approximate surface area is 184 Å². The highest BCUT2D eigenvalue weighted by atomic mass is 16.6. The van der Waals surface area contributed by atoms with E-state index in [1.54, 1.807) is 35.3 Å². The number of anilines is 1. The monoisotopic (exact) mass is 432 g/mol. The lowest BCUT2D eigenvalue weighted by molar-refractivity contribution is 0.193. The van der Waals surface area contributed by atoms with Crippen LogP contribution < -0.4 is 21.1 Å². The van der Waals surface area contributed by atoms with E-state index in [1.165, 1.54) is 0 Å². The number of nitrogens with two attached hydrogens (primary N) is 1. The fourth-order valence-corrected chi connectivity index (χ4v) is 3.84. The van der Waals surface area contributed by atoms with E-state index >= 15 is 0 Å². The minimum absolute atomic E-state index is 0.133. The summed E-state index contributed by atoms with van der Waals surface area (Å²) in [6, 6.07) is 7.34. The third kappa shape index (κ3) is 4.12. The Hall–Kier alpha value is -3.92. The Balaban J connectivity index is 1.38. The number of nitrogen functional groups attached to an aromatic ring is 1. The molecule has 0 atom stereocenters. The number of imidazole rings is 1. The van der Waals surface area contributed by atoms with Crippen molar-refractivity contribution in [3.8, 4) is 28.3 Å². The number of pyridine rings is 1. The van der Waals surface area contributed by atoms with Crippen LogP contribution in [0, 0.1) is 0 Å². The van der Waals surface area contributed by atoms with E-state index in [0.717, 1.165) is 48.1 Å². The number of carbonyl (C=O) groups is 1. The summed E-state index contributed by atoms with van der Waals surface area (Å²) in [7, 11) is 1.86. The molecule has 1 aliphatic rings. The fourth-order valence-electron chi connectivity index (χ4n) is 3.84. The zero-order valence-corrected chi connectivity index (χ0v) is 17.6. The van der Waals surface area contributed by atoms with Crippen molar-refractivity contribution in [1.29, 1.82) is 0 Å². The number of aryl methyl sites for hydroxylation is 1. The lowest BCUT2D eigenvalue weighted by Crippen LogP contribution is -2.43. The molecule has 32 heavy (non-hydrogen) atoms. The molecule has 0 aliphatic carbocycles. The topological polar surface area (TPSA) is 136 Å². The first-order valence-corrected chi connectivity index (χ1v) is 10.5. The molecule has 1 saturated heterocycles. The molecule has 0 radical (unpaired) electrons. The largest absolute Gasteiger partial charge is 0.412 e. The lowest BCUT2D eigenvalue weighted by Gasteiger charge is -2.23. The second kappa shape index (κ2) is 8.31. The van der Waals surface area contributed by atoms with E-state index in [-0.39, 0.29) is 6.04 Å². The Morgan fingerprint density at radius 2 is 2.06 bits per heavy atom. The number of hydrogen-bond donors (Lipinski definition) is 4. The van der Waals surface area contributed by atoms with Gasteiger partial charge in [0.2, 0.25) is 0 Å². The molecule has 1 fully saturated rings. The third-order valence-electron chi connectivity index (χ3n) is 5.54. The summed E-state index contributed by atoms with van der Waals surface area (Å²) in [4.78, 5) is 24.5. The summed E-state index contributed by atoms with van der Waals surface area (Å²) in [5.41, 5.74) is 10.1. The third-order valence-corrected chi connectivity index (χ3v) is 5.54. The van der Waals surface area contributed by atoms with Gasteiger partial charge in [0.15, 0.2) is 0 Å². The van der Waals surface area contributed by atoms with Gasteiger partial charge in [-0.1, -0.05) is 0 Å². The van der Waals surface area contributed by atoms with E-state index in [0.29, 0.717) is 23.0 Å². The molecule has 4 aromatic rings. The zero-order valence-electron chi connectivity index (χ0n) is 17.6. The highest BCUT2D eigenvalue weighted by Crippen LogP contribution is 2.30. The van der Waals surface area contributed by atoms with Crippen LogP contribution in [-0.4, -0.2) is 50.0 Å². The predicted molar refractivity (Wildman–Crippen MR) is 121 cm³/mol. The first kappa shape index (κ1) is 20.0. The van der Waals surface area contributed by atoms with Gasteiger partial charge in [0.25, 0.3) is 0 Å². The molecule has 1 aliphatic heterocycles. The second-order valence-corrected chi connectivity index (χ2v) is 7.88. The number of aromatic amines is 1. The number of ether oxygens (including phenoxy) is 1. The van der Waals surface area contributed by atoms with Crippen molar-refractivity contribution in [2.45, 2.75) is 18.9 Å². The van der Waals surface area contributed by atoms with E-state index < -0.39 is 6.09 Å². The highest BCUT2D eigenvalue weighted by Gasteiger charge is 2.17. The molecular weight excluding hydrogens is 408 g/mol. The minimum atomic E-state index is -0.450. The summed E-state index contributed by atoms with van der Waals surface area (Å²) in [6.07, 6.45) is 6.74. The number of rotatable bonds is 4. The molecule has 0 bridgehead atoms. The van der Waals surface area contributed by atoms with Gasteiger partial charge in [0.05, 0.1) is 22.8 Å². The standard InChI is InChI=1S/C22H24N8O2/c1-30-12-14(11-26-30)13-8-17(20(23)25-10-13)21-28-18-3-2-16(9-19(18)29-21)32-22(31)27-15-4-6-24-7-5-15/h2-3,8-12,15,24H,4-7H2,1H3,(H2,23,25)(H,27,31)(H,28,29). The first-order valence-electron chi connectivity index (χ1n) is 10.5. The maximum atomic E-state index is 12.3. The molecule has 164 valence electrons. The first-order chi connectivity index (χ1) is 15.5. The van der Waals surface area contributed by atoms with Crippen LogP contribution in [0.5, 0.6) is 5.75 Å². The normalized spacial score (nSPS) is 14.5. The highest BCUT2D eigenvalue weighted by molar-refractivity contribution is 5.84. The van der Waals surface area contributed by atoms with Crippen LogP contribution in [-0.2, 0) is 7.05 Å². The molecule has 4 heterocycles. The van der Waals surface area contributed by atoms with Crippen LogP contribution in [0.1, 0.15) is 12.8 Å². The van der Waals surface area contributed by atoms with Crippen molar-refractivity contribution in [3.63, 3.8) is 0 Å². The lowest BCUT2D eigenvalue weighted by atomic mass is 10.1. The van der Waals surface area contributed by atoms with Crippen molar-refractivity contribution in [1.82, 2.24) is 35.4 Å². The molecule has 5 rings (SSSR count). The van der Waals surface area contributed by atoms with Crippen molar-refractivity contribution in [2.75, 3.05) is 18.8 Å². The number of nitrogens with one attached hydrogen (secondary N) is 3. The summed E-state index contributed by atoms with van der Waals surface area (Å²) in [5, 5.41) is 10.4. The van der Waals surface area contributed by atoms with Gasteiger partial charge in [-0.05, 0) is 44.1 Å². The van der Waals surface area contributed by atoms with Crippen molar-refractivity contribution >= 4 is 22.9 Å². The molecule has 10 heteroatoms. The van der Waals surface area contributed by atoms with Crippen LogP contribution in [0.15, 0.2) is 42.9 Å². The maximum absolute atomic E-state index is 12.3. The van der Waals surface area contributed by atoms with E-state index in [9.17, 15) is 4.79 Å². The van der Waals surface area contributed by atoms with E-state index in [1.807, 2.05) is 19.3 Å². The van der Waals surface area contributed by atoms with Crippen LogP contribution in [0.3, 0.4) is 0 Å². The number of fused-ring (bicyclic) bond motifs is 1. The fraction of sp³-hybridized carbons (Fsp3) is 0.273. The molecule has 10 nitrogen and oxygen atoms in total.